The smallest absolute Gasteiger partial charge is 0.222 e. The monoisotopic (exact) mass is 274 g/mol. The summed E-state index contributed by atoms with van der Waals surface area (Å²) in [5.41, 5.74) is 4.60. The van der Waals surface area contributed by atoms with Crippen molar-refractivity contribution in [2.45, 2.75) is 13.0 Å². The van der Waals surface area contributed by atoms with Gasteiger partial charge >= 0.3 is 0 Å². The van der Waals surface area contributed by atoms with Crippen molar-refractivity contribution in [1.82, 2.24) is 15.3 Å². The minimum atomic E-state index is 0.622. The molecule has 3 rings (SSSR count). The molecule has 0 unspecified atom stereocenters. The molecule has 19 heavy (non-hydrogen) atoms. The van der Waals surface area contributed by atoms with Gasteiger partial charge in [0, 0.05) is 36.6 Å². The lowest BCUT2D eigenvalue weighted by molar-refractivity contribution is 0.644. The number of hydrogen-bond donors (Lipinski definition) is 2. The molecule has 0 aliphatic carbocycles. The highest BCUT2D eigenvalue weighted by atomic mass is 35.5. The molecule has 1 aliphatic heterocycles. The molecule has 0 saturated heterocycles. The zero-order valence-corrected chi connectivity index (χ0v) is 11.5. The van der Waals surface area contributed by atoms with E-state index in [9.17, 15) is 0 Å². The van der Waals surface area contributed by atoms with E-state index in [0.717, 1.165) is 35.7 Å². The zero-order valence-electron chi connectivity index (χ0n) is 10.7. The number of fused-ring (bicyclic) bond motifs is 1. The molecule has 2 heterocycles. The third kappa shape index (κ3) is 2.41. The van der Waals surface area contributed by atoms with Crippen molar-refractivity contribution in [2.75, 3.05) is 18.9 Å². The van der Waals surface area contributed by atoms with Crippen LogP contribution in [0.5, 0.6) is 0 Å². The van der Waals surface area contributed by atoms with Crippen molar-refractivity contribution in [3.63, 3.8) is 0 Å². The third-order valence-corrected chi connectivity index (χ3v) is 3.71. The molecule has 1 aromatic carbocycles. The standard InChI is InChI=1S/C14H15ClN4/c1-16-14-18-6-11(7-19-14)10-4-9-2-3-17-8-12(9)13(15)5-10/h4-7,17H,2-3,8H2,1H3,(H,16,18,19). The fourth-order valence-corrected chi connectivity index (χ4v) is 2.63. The summed E-state index contributed by atoms with van der Waals surface area (Å²) < 4.78 is 0. The van der Waals surface area contributed by atoms with Crippen LogP contribution in [-0.4, -0.2) is 23.6 Å². The fourth-order valence-electron chi connectivity index (χ4n) is 2.32. The van der Waals surface area contributed by atoms with Crippen LogP contribution in [0.2, 0.25) is 5.02 Å². The van der Waals surface area contributed by atoms with Gasteiger partial charge in [-0.25, -0.2) is 9.97 Å². The molecule has 0 radical (unpaired) electrons. The van der Waals surface area contributed by atoms with Crippen LogP contribution < -0.4 is 10.6 Å². The molecule has 4 nitrogen and oxygen atoms in total. The Morgan fingerprint density at radius 3 is 2.74 bits per heavy atom. The molecule has 1 aliphatic rings. The number of aromatic nitrogens is 2. The molecule has 2 N–H and O–H groups in total. The van der Waals surface area contributed by atoms with E-state index in [-0.39, 0.29) is 0 Å². The highest BCUT2D eigenvalue weighted by Gasteiger charge is 2.14. The van der Waals surface area contributed by atoms with Gasteiger partial charge in [0.25, 0.3) is 0 Å². The summed E-state index contributed by atoms with van der Waals surface area (Å²) in [7, 11) is 1.80. The van der Waals surface area contributed by atoms with Gasteiger partial charge in [-0.1, -0.05) is 17.7 Å². The number of nitrogens with zero attached hydrogens (tertiary/aromatic N) is 2. The Labute approximate surface area is 117 Å². The Kier molecular flexibility index (Phi) is 3.36. The molecule has 0 saturated carbocycles. The van der Waals surface area contributed by atoms with Gasteiger partial charge in [0.2, 0.25) is 5.95 Å². The summed E-state index contributed by atoms with van der Waals surface area (Å²) in [6.45, 7) is 1.85. The Bertz CT molecular complexity index is 595. The lowest BCUT2D eigenvalue weighted by Gasteiger charge is -2.19. The molecular weight excluding hydrogens is 260 g/mol. The van der Waals surface area contributed by atoms with Crippen LogP contribution in [0.15, 0.2) is 24.5 Å². The molecule has 5 heteroatoms. The van der Waals surface area contributed by atoms with Crippen molar-refractivity contribution >= 4 is 17.5 Å². The number of rotatable bonds is 2. The van der Waals surface area contributed by atoms with Gasteiger partial charge in [0.05, 0.1) is 0 Å². The second kappa shape index (κ2) is 5.15. The normalized spacial score (nSPS) is 14.0. The van der Waals surface area contributed by atoms with Crippen molar-refractivity contribution in [3.05, 3.63) is 40.7 Å². The number of halogens is 1. The quantitative estimate of drug-likeness (QED) is 0.883. The molecule has 0 amide bonds. The molecule has 98 valence electrons. The highest BCUT2D eigenvalue weighted by Crippen LogP contribution is 2.30. The molecule has 0 atom stereocenters. The van der Waals surface area contributed by atoms with Gasteiger partial charge in [0.1, 0.15) is 0 Å². The summed E-state index contributed by atoms with van der Waals surface area (Å²) in [6, 6.07) is 4.19. The maximum Gasteiger partial charge on any atom is 0.222 e. The van der Waals surface area contributed by atoms with E-state index >= 15 is 0 Å². The molecule has 0 bridgehead atoms. The summed E-state index contributed by atoms with van der Waals surface area (Å²) in [5, 5.41) is 7.07. The Hall–Kier alpha value is -1.65. The predicted molar refractivity (Wildman–Crippen MR) is 77.4 cm³/mol. The number of anilines is 1. The van der Waals surface area contributed by atoms with Gasteiger partial charge in [-0.2, -0.15) is 0 Å². The average molecular weight is 275 g/mol. The van der Waals surface area contributed by atoms with E-state index in [4.69, 9.17) is 11.6 Å². The van der Waals surface area contributed by atoms with E-state index in [1.165, 1.54) is 11.1 Å². The van der Waals surface area contributed by atoms with Crippen molar-refractivity contribution in [3.8, 4) is 11.1 Å². The van der Waals surface area contributed by atoms with Gasteiger partial charge < -0.3 is 10.6 Å². The van der Waals surface area contributed by atoms with Crippen LogP contribution >= 0.6 is 11.6 Å². The first-order valence-corrected chi connectivity index (χ1v) is 6.68. The van der Waals surface area contributed by atoms with Crippen LogP contribution in [0.1, 0.15) is 11.1 Å². The second-order valence-corrected chi connectivity index (χ2v) is 4.98. The lowest BCUT2D eigenvalue weighted by atomic mass is 9.96. The zero-order chi connectivity index (χ0) is 13.2. The molecule has 2 aromatic rings. The minimum Gasteiger partial charge on any atom is -0.357 e. The molecular formula is C14H15ClN4. The predicted octanol–water partition coefficient (Wildman–Crippen LogP) is 2.48. The van der Waals surface area contributed by atoms with Crippen molar-refractivity contribution < 1.29 is 0 Å². The van der Waals surface area contributed by atoms with Crippen LogP contribution in [0, 0.1) is 0 Å². The van der Waals surface area contributed by atoms with E-state index in [0.29, 0.717) is 5.95 Å². The maximum atomic E-state index is 6.36. The van der Waals surface area contributed by atoms with Crippen LogP contribution in [0.4, 0.5) is 5.95 Å². The van der Waals surface area contributed by atoms with E-state index in [1.54, 1.807) is 7.05 Å². The van der Waals surface area contributed by atoms with E-state index in [1.807, 2.05) is 18.5 Å². The number of nitrogens with one attached hydrogen (secondary N) is 2. The highest BCUT2D eigenvalue weighted by molar-refractivity contribution is 6.31. The first kappa shape index (κ1) is 12.4. The summed E-state index contributed by atoms with van der Waals surface area (Å²) >= 11 is 6.36. The Morgan fingerprint density at radius 1 is 1.21 bits per heavy atom. The van der Waals surface area contributed by atoms with Gasteiger partial charge in [-0.15, -0.1) is 0 Å². The van der Waals surface area contributed by atoms with Gasteiger partial charge in [-0.3, -0.25) is 0 Å². The summed E-state index contributed by atoms with van der Waals surface area (Å²) in [6.07, 6.45) is 4.65. The second-order valence-electron chi connectivity index (χ2n) is 4.57. The van der Waals surface area contributed by atoms with Crippen LogP contribution in [0.3, 0.4) is 0 Å². The first-order chi connectivity index (χ1) is 9.28. The van der Waals surface area contributed by atoms with Gasteiger partial charge in [0.15, 0.2) is 0 Å². The van der Waals surface area contributed by atoms with E-state index < -0.39 is 0 Å². The van der Waals surface area contributed by atoms with E-state index in [2.05, 4.69) is 26.7 Å². The first-order valence-electron chi connectivity index (χ1n) is 6.30. The number of benzene rings is 1. The largest absolute Gasteiger partial charge is 0.357 e. The number of hydrogen-bond acceptors (Lipinski definition) is 4. The lowest BCUT2D eigenvalue weighted by Crippen LogP contribution is -2.23. The summed E-state index contributed by atoms with van der Waals surface area (Å²) in [5.74, 6) is 0.622. The molecule has 0 fully saturated rings. The topological polar surface area (TPSA) is 49.8 Å². The third-order valence-electron chi connectivity index (χ3n) is 3.37. The maximum absolute atomic E-state index is 6.36. The van der Waals surface area contributed by atoms with Crippen molar-refractivity contribution in [1.29, 1.82) is 0 Å². The van der Waals surface area contributed by atoms with Crippen LogP contribution in [0.25, 0.3) is 11.1 Å². The Balaban J connectivity index is 2.02. The molecule has 0 spiro atoms. The van der Waals surface area contributed by atoms with Crippen molar-refractivity contribution in [2.24, 2.45) is 0 Å². The van der Waals surface area contributed by atoms with Gasteiger partial charge in [-0.05, 0) is 35.7 Å². The Morgan fingerprint density at radius 2 is 2.00 bits per heavy atom. The summed E-state index contributed by atoms with van der Waals surface area (Å²) in [4.78, 5) is 8.48. The minimum absolute atomic E-state index is 0.622. The molecule has 1 aromatic heterocycles. The fraction of sp³-hybridized carbons (Fsp3) is 0.286. The average Bonchev–Trinajstić information content (AvgIpc) is 2.47. The SMILES string of the molecule is CNc1ncc(-c2cc(Cl)c3c(c2)CCNC3)cn1. The van der Waals surface area contributed by atoms with Crippen LogP contribution in [-0.2, 0) is 13.0 Å².